The topological polar surface area (TPSA) is 48.4 Å². The quantitative estimate of drug-likeness (QED) is 0.653. The highest BCUT2D eigenvalue weighted by molar-refractivity contribution is 6.30. The third kappa shape index (κ3) is 3.66. The molecular weight excluding hydrogens is 326 g/mol. The third-order valence-corrected chi connectivity index (χ3v) is 3.92. The fourth-order valence-electron chi connectivity index (χ4n) is 2.53. The van der Waals surface area contributed by atoms with E-state index < -0.39 is 0 Å². The summed E-state index contributed by atoms with van der Waals surface area (Å²) in [6.07, 6.45) is 1.88. The molecule has 1 heterocycles. The number of aromatic nitrogens is 1. The van der Waals surface area contributed by atoms with E-state index in [1.54, 1.807) is 31.5 Å². The summed E-state index contributed by atoms with van der Waals surface area (Å²) in [4.78, 5) is 16.5. The largest absolute Gasteiger partial charge is 0.496 e. The molecule has 1 aromatic heterocycles. The Morgan fingerprint density at radius 1 is 1.12 bits per heavy atom. The van der Waals surface area contributed by atoms with E-state index in [9.17, 15) is 4.79 Å². The lowest BCUT2D eigenvalue weighted by molar-refractivity contribution is -0.144. The summed E-state index contributed by atoms with van der Waals surface area (Å²) < 4.78 is 10.6. The second-order valence-corrected chi connectivity index (χ2v) is 5.72. The van der Waals surface area contributed by atoms with Gasteiger partial charge in [0.05, 0.1) is 19.0 Å². The molecule has 0 spiro atoms. The first-order valence-corrected chi connectivity index (χ1v) is 7.86. The molecular formula is C19H16ClNO3. The second-order valence-electron chi connectivity index (χ2n) is 5.29. The first-order chi connectivity index (χ1) is 11.7. The molecule has 0 radical (unpaired) electrons. The van der Waals surface area contributed by atoms with Crippen molar-refractivity contribution in [1.82, 2.24) is 4.98 Å². The molecule has 0 unspecified atom stereocenters. The summed E-state index contributed by atoms with van der Waals surface area (Å²) in [5.74, 6) is 0.314. The van der Waals surface area contributed by atoms with Gasteiger partial charge >= 0.3 is 5.97 Å². The number of hydrogen-bond acceptors (Lipinski definition) is 4. The monoisotopic (exact) mass is 341 g/mol. The van der Waals surface area contributed by atoms with Crippen molar-refractivity contribution in [3.8, 4) is 5.75 Å². The maximum atomic E-state index is 12.2. The van der Waals surface area contributed by atoms with E-state index in [0.29, 0.717) is 10.8 Å². The Labute approximate surface area is 145 Å². The van der Waals surface area contributed by atoms with Crippen LogP contribution < -0.4 is 4.74 Å². The number of carbonyl (C=O) groups excluding carboxylic acids is 1. The summed E-state index contributed by atoms with van der Waals surface area (Å²) in [6, 6.07) is 14.8. The van der Waals surface area contributed by atoms with Gasteiger partial charge in [-0.2, -0.15) is 0 Å². The molecule has 0 aliphatic heterocycles. The smallest absolute Gasteiger partial charge is 0.310 e. The fourth-order valence-corrected chi connectivity index (χ4v) is 2.73. The van der Waals surface area contributed by atoms with Crippen LogP contribution >= 0.6 is 11.6 Å². The Morgan fingerprint density at radius 2 is 1.96 bits per heavy atom. The molecule has 0 aliphatic rings. The lowest BCUT2D eigenvalue weighted by Crippen LogP contribution is -2.09. The molecule has 0 saturated heterocycles. The number of ether oxygens (including phenoxy) is 2. The highest BCUT2D eigenvalue weighted by Crippen LogP contribution is 2.23. The van der Waals surface area contributed by atoms with Crippen LogP contribution in [0.5, 0.6) is 5.75 Å². The zero-order valence-electron chi connectivity index (χ0n) is 13.2. The lowest BCUT2D eigenvalue weighted by atomic mass is 10.1. The third-order valence-electron chi connectivity index (χ3n) is 3.68. The zero-order valence-corrected chi connectivity index (χ0v) is 13.9. The van der Waals surface area contributed by atoms with E-state index in [0.717, 1.165) is 22.0 Å². The second kappa shape index (κ2) is 7.32. The summed E-state index contributed by atoms with van der Waals surface area (Å²) in [5.41, 5.74) is 2.39. The number of rotatable bonds is 5. The van der Waals surface area contributed by atoms with Crippen molar-refractivity contribution in [3.05, 3.63) is 70.9 Å². The lowest BCUT2D eigenvalue weighted by Gasteiger charge is -2.10. The van der Waals surface area contributed by atoms with Gasteiger partial charge in [0.2, 0.25) is 0 Å². The van der Waals surface area contributed by atoms with Crippen LogP contribution in [0.4, 0.5) is 0 Å². The zero-order chi connectivity index (χ0) is 16.9. The minimum atomic E-state index is -0.324. The molecule has 3 aromatic rings. The molecule has 4 nitrogen and oxygen atoms in total. The maximum Gasteiger partial charge on any atom is 0.310 e. The van der Waals surface area contributed by atoms with Crippen molar-refractivity contribution in [2.75, 3.05) is 7.11 Å². The number of esters is 1. The molecule has 122 valence electrons. The van der Waals surface area contributed by atoms with Crippen LogP contribution in [0.15, 0.2) is 54.7 Å². The minimum absolute atomic E-state index is 0.112. The number of halogens is 1. The fraction of sp³-hybridized carbons (Fsp3) is 0.158. The molecule has 0 bridgehead atoms. The number of hydrogen-bond donors (Lipinski definition) is 0. The summed E-state index contributed by atoms with van der Waals surface area (Å²) in [5, 5.41) is 1.57. The van der Waals surface area contributed by atoms with E-state index in [1.165, 1.54) is 0 Å². The molecule has 0 N–H and O–H groups in total. The number of pyridine rings is 1. The van der Waals surface area contributed by atoms with Gasteiger partial charge < -0.3 is 9.47 Å². The van der Waals surface area contributed by atoms with E-state index in [2.05, 4.69) is 4.98 Å². The van der Waals surface area contributed by atoms with Gasteiger partial charge in [0.15, 0.2) is 0 Å². The first kappa shape index (κ1) is 16.3. The standard InChI is InChI=1S/C19H16ClNO3/c1-23-17-8-7-16(20)10-15(17)12-24-18(22)11-14-5-2-4-13-6-3-9-21-19(13)14/h2-10H,11-12H2,1H3. The van der Waals surface area contributed by atoms with Crippen molar-refractivity contribution in [2.24, 2.45) is 0 Å². The van der Waals surface area contributed by atoms with Gasteiger partial charge in [-0.25, -0.2) is 0 Å². The number of benzene rings is 2. The molecule has 0 amide bonds. The van der Waals surface area contributed by atoms with Gasteiger partial charge in [0.1, 0.15) is 12.4 Å². The Morgan fingerprint density at radius 3 is 2.79 bits per heavy atom. The minimum Gasteiger partial charge on any atom is -0.496 e. The number of nitrogens with zero attached hydrogens (tertiary/aromatic N) is 1. The Bertz CT molecular complexity index is 874. The van der Waals surface area contributed by atoms with Gasteiger partial charge in [-0.1, -0.05) is 35.9 Å². The number of carbonyl (C=O) groups is 1. The van der Waals surface area contributed by atoms with Crippen LogP contribution in [0.2, 0.25) is 5.02 Å². The maximum absolute atomic E-state index is 12.2. The van der Waals surface area contributed by atoms with Gasteiger partial charge in [-0.05, 0) is 29.8 Å². The van der Waals surface area contributed by atoms with Crippen molar-refractivity contribution in [3.63, 3.8) is 0 Å². The van der Waals surface area contributed by atoms with Crippen LogP contribution in [0.3, 0.4) is 0 Å². The highest BCUT2D eigenvalue weighted by Gasteiger charge is 2.11. The first-order valence-electron chi connectivity index (χ1n) is 7.48. The molecule has 0 saturated carbocycles. The van der Waals surface area contributed by atoms with Crippen LogP contribution in [0.1, 0.15) is 11.1 Å². The molecule has 0 fully saturated rings. The van der Waals surface area contributed by atoms with E-state index in [4.69, 9.17) is 21.1 Å². The number of fused-ring (bicyclic) bond motifs is 1. The number of methoxy groups -OCH3 is 1. The highest BCUT2D eigenvalue weighted by atomic mass is 35.5. The molecule has 0 atom stereocenters. The summed E-state index contributed by atoms with van der Waals surface area (Å²) in [7, 11) is 1.57. The summed E-state index contributed by atoms with van der Waals surface area (Å²) >= 11 is 5.98. The van der Waals surface area contributed by atoms with E-state index >= 15 is 0 Å². The number of para-hydroxylation sites is 1. The predicted molar refractivity (Wildman–Crippen MR) is 93.2 cm³/mol. The SMILES string of the molecule is COc1ccc(Cl)cc1COC(=O)Cc1cccc2cccnc12. The van der Waals surface area contributed by atoms with Crippen molar-refractivity contribution < 1.29 is 14.3 Å². The Kier molecular flexibility index (Phi) is 4.96. The van der Waals surface area contributed by atoms with Gasteiger partial charge in [0.25, 0.3) is 0 Å². The molecule has 2 aromatic carbocycles. The van der Waals surface area contributed by atoms with Gasteiger partial charge in [-0.3, -0.25) is 9.78 Å². The molecule has 5 heteroatoms. The van der Waals surface area contributed by atoms with Crippen LogP contribution in [0.25, 0.3) is 10.9 Å². The molecule has 24 heavy (non-hydrogen) atoms. The van der Waals surface area contributed by atoms with Crippen molar-refractivity contribution >= 4 is 28.5 Å². The summed E-state index contributed by atoms with van der Waals surface area (Å²) in [6.45, 7) is 0.112. The van der Waals surface area contributed by atoms with Crippen molar-refractivity contribution in [2.45, 2.75) is 13.0 Å². The van der Waals surface area contributed by atoms with E-state index in [-0.39, 0.29) is 19.0 Å². The Balaban J connectivity index is 1.71. The van der Waals surface area contributed by atoms with Crippen molar-refractivity contribution in [1.29, 1.82) is 0 Å². The van der Waals surface area contributed by atoms with Crippen LogP contribution in [0, 0.1) is 0 Å². The van der Waals surface area contributed by atoms with Crippen LogP contribution in [-0.4, -0.2) is 18.1 Å². The average molecular weight is 342 g/mol. The molecule has 3 rings (SSSR count). The Hall–Kier alpha value is -2.59. The van der Waals surface area contributed by atoms with Gasteiger partial charge in [-0.15, -0.1) is 0 Å². The van der Waals surface area contributed by atoms with Gasteiger partial charge in [0, 0.05) is 22.2 Å². The normalized spacial score (nSPS) is 10.6. The van der Waals surface area contributed by atoms with Crippen LogP contribution in [-0.2, 0) is 22.6 Å². The predicted octanol–water partition coefficient (Wildman–Crippen LogP) is 4.18. The van der Waals surface area contributed by atoms with E-state index in [1.807, 2.05) is 30.3 Å². The molecule has 0 aliphatic carbocycles. The average Bonchev–Trinajstić information content (AvgIpc) is 2.60.